The van der Waals surface area contributed by atoms with Crippen molar-refractivity contribution in [2.24, 2.45) is 0 Å². The lowest BCUT2D eigenvalue weighted by Gasteiger charge is -2.16. The molecule has 0 aliphatic carbocycles. The molecule has 0 spiro atoms. The zero-order valence-electron chi connectivity index (χ0n) is 29.2. The van der Waals surface area contributed by atoms with E-state index >= 15 is 0 Å². The Morgan fingerprint density at radius 3 is 2.20 bits per heavy atom. The number of aromatic nitrogens is 1. The summed E-state index contributed by atoms with van der Waals surface area (Å²) in [5.41, 5.74) is 6.78. The van der Waals surface area contributed by atoms with Crippen LogP contribution in [0.15, 0.2) is 109 Å². The first-order valence-corrected chi connectivity index (χ1v) is 17.6. The zero-order valence-corrected chi connectivity index (χ0v) is 30.1. The first-order chi connectivity index (χ1) is 23.7. The molecule has 0 atom stereocenters. The van der Waals surface area contributed by atoms with Gasteiger partial charge in [0.25, 0.3) is 11.8 Å². The van der Waals surface area contributed by atoms with E-state index in [4.69, 9.17) is 4.74 Å². The minimum atomic E-state index is -0.187. The summed E-state index contributed by atoms with van der Waals surface area (Å²) in [6.45, 7) is 11.4. The van der Waals surface area contributed by atoms with Gasteiger partial charge in [0, 0.05) is 42.3 Å². The van der Waals surface area contributed by atoms with Gasteiger partial charge in [-0.15, -0.1) is 11.3 Å². The van der Waals surface area contributed by atoms with E-state index in [0.717, 1.165) is 35.0 Å². The van der Waals surface area contributed by atoms with Gasteiger partial charge in [0.1, 0.15) is 17.4 Å². The Balaban J connectivity index is 0.000000686. The summed E-state index contributed by atoms with van der Waals surface area (Å²) >= 11 is 1.54. The number of ether oxygens (including phenoxy) is 1. The molecule has 0 saturated heterocycles. The number of carbonyl (C=O) groups excluding carboxylic acids is 2. The third-order valence-corrected chi connectivity index (χ3v) is 8.70. The number of hydrogen-bond acceptors (Lipinski definition) is 6. The fourth-order valence-corrected chi connectivity index (χ4v) is 5.82. The molecule has 49 heavy (non-hydrogen) atoms. The van der Waals surface area contributed by atoms with E-state index in [2.05, 4.69) is 78.9 Å². The maximum atomic E-state index is 12.9. The number of aryl methyl sites for hydroxylation is 2. The summed E-state index contributed by atoms with van der Waals surface area (Å²) in [7, 11) is 1.75. The highest BCUT2D eigenvalue weighted by Crippen LogP contribution is 2.24. The number of amides is 2. The van der Waals surface area contributed by atoms with Crippen molar-refractivity contribution in [2.75, 3.05) is 20.1 Å². The van der Waals surface area contributed by atoms with Crippen LogP contribution in [0.5, 0.6) is 5.75 Å². The molecule has 2 amide bonds. The Bertz CT molecular complexity index is 1760. The lowest BCUT2D eigenvalue weighted by molar-refractivity contribution is 0.0785. The number of rotatable bonds is 14. The van der Waals surface area contributed by atoms with Crippen LogP contribution in [0.25, 0.3) is 0 Å². The van der Waals surface area contributed by atoms with Crippen LogP contribution in [0.2, 0.25) is 0 Å². The molecule has 2 N–H and O–H groups in total. The number of hydrogen-bond donors (Lipinski definition) is 2. The van der Waals surface area contributed by atoms with Crippen molar-refractivity contribution in [3.8, 4) is 5.75 Å². The molecule has 0 bridgehead atoms. The van der Waals surface area contributed by atoms with Gasteiger partial charge in [-0.1, -0.05) is 92.2 Å². The highest BCUT2D eigenvalue weighted by molar-refractivity contribution is 7.09. The minimum Gasteiger partial charge on any atom is -0.489 e. The van der Waals surface area contributed by atoms with Crippen molar-refractivity contribution >= 4 is 23.2 Å². The molecule has 5 aromatic rings. The van der Waals surface area contributed by atoms with Crippen molar-refractivity contribution in [3.05, 3.63) is 153 Å². The van der Waals surface area contributed by atoms with E-state index in [1.807, 2.05) is 48.7 Å². The first-order valence-electron chi connectivity index (χ1n) is 16.8. The van der Waals surface area contributed by atoms with E-state index < -0.39 is 0 Å². The number of carbonyl (C=O) groups is 2. The molecule has 256 valence electrons. The van der Waals surface area contributed by atoms with Gasteiger partial charge in [-0.3, -0.25) is 9.59 Å². The van der Waals surface area contributed by atoms with Gasteiger partial charge in [-0.05, 0) is 79.8 Å². The average Bonchev–Trinajstić information content (AvgIpc) is 3.53. The van der Waals surface area contributed by atoms with Crippen LogP contribution in [0, 0.1) is 13.8 Å². The molecule has 0 radical (unpaired) electrons. The van der Waals surface area contributed by atoms with Gasteiger partial charge >= 0.3 is 0 Å². The Kier molecular flexibility index (Phi) is 14.6. The minimum absolute atomic E-state index is 0.142. The highest BCUT2D eigenvalue weighted by Gasteiger charge is 2.16. The number of thiazole rings is 1. The van der Waals surface area contributed by atoms with E-state index in [1.165, 1.54) is 28.0 Å². The standard InChI is InChI=1S/C34H40N4O3S.C7H8/c1-24(2)30-16-27(17-31(19-30)41-22-26-10-6-5-7-11-26)20-35-14-9-15-36-33(39)28-12-8-13-29(18-28)34(40)38(4)21-32-37-25(3)23-42-32;1-7-5-3-2-4-6-7/h5-8,10-13,16-19,23-24,35H,9,14-15,20-22H2,1-4H3,(H,36,39);2-6H,1H3. The van der Waals surface area contributed by atoms with E-state index in [1.54, 1.807) is 36.2 Å². The maximum Gasteiger partial charge on any atom is 0.253 e. The summed E-state index contributed by atoms with van der Waals surface area (Å²) < 4.78 is 6.10. The largest absolute Gasteiger partial charge is 0.489 e. The quantitative estimate of drug-likeness (QED) is 0.116. The van der Waals surface area contributed by atoms with Crippen LogP contribution in [0.3, 0.4) is 0 Å². The fraction of sp³-hybridized carbons (Fsp3) is 0.293. The maximum absolute atomic E-state index is 12.9. The monoisotopic (exact) mass is 676 g/mol. The van der Waals surface area contributed by atoms with Gasteiger partial charge in [-0.2, -0.15) is 0 Å². The molecule has 0 aliphatic rings. The predicted octanol–water partition coefficient (Wildman–Crippen LogP) is 8.33. The average molecular weight is 677 g/mol. The molecule has 4 aromatic carbocycles. The lowest BCUT2D eigenvalue weighted by atomic mass is 10.0. The van der Waals surface area contributed by atoms with Crippen LogP contribution >= 0.6 is 11.3 Å². The zero-order chi connectivity index (χ0) is 35.0. The smallest absolute Gasteiger partial charge is 0.253 e. The second-order valence-electron chi connectivity index (χ2n) is 12.4. The predicted molar refractivity (Wildman–Crippen MR) is 200 cm³/mol. The van der Waals surface area contributed by atoms with Crippen LogP contribution in [-0.2, 0) is 19.7 Å². The molecule has 0 fully saturated rings. The molecule has 8 heteroatoms. The summed E-state index contributed by atoms with van der Waals surface area (Å²) in [6.07, 6.45) is 0.779. The second-order valence-corrected chi connectivity index (χ2v) is 13.3. The number of nitrogens with zero attached hydrogens (tertiary/aromatic N) is 2. The Labute approximate surface area is 295 Å². The second kappa shape index (κ2) is 19.3. The molecule has 7 nitrogen and oxygen atoms in total. The third kappa shape index (κ3) is 12.6. The highest BCUT2D eigenvalue weighted by atomic mass is 32.1. The fourth-order valence-electron chi connectivity index (χ4n) is 4.99. The van der Waals surface area contributed by atoms with Crippen molar-refractivity contribution in [1.82, 2.24) is 20.5 Å². The van der Waals surface area contributed by atoms with Crippen LogP contribution in [-0.4, -0.2) is 41.8 Å². The SMILES string of the molecule is Cc1ccccc1.Cc1csc(CN(C)C(=O)c2cccc(C(=O)NCCCNCc3cc(OCc4ccccc4)cc(C(C)C)c3)c2)n1. The van der Waals surface area contributed by atoms with E-state index in [9.17, 15) is 9.59 Å². The van der Waals surface area contributed by atoms with Crippen molar-refractivity contribution in [1.29, 1.82) is 0 Å². The molecule has 1 heterocycles. The molecule has 0 unspecified atom stereocenters. The van der Waals surface area contributed by atoms with Crippen LogP contribution < -0.4 is 15.4 Å². The van der Waals surface area contributed by atoms with E-state index in [-0.39, 0.29) is 11.8 Å². The normalized spacial score (nSPS) is 10.7. The number of nitrogens with one attached hydrogen (secondary N) is 2. The van der Waals surface area contributed by atoms with Gasteiger partial charge in [0.15, 0.2) is 0 Å². The number of benzene rings is 4. The molecule has 0 saturated carbocycles. The van der Waals surface area contributed by atoms with Gasteiger partial charge < -0.3 is 20.3 Å². The third-order valence-electron chi connectivity index (χ3n) is 7.75. The lowest BCUT2D eigenvalue weighted by Crippen LogP contribution is -2.28. The molecule has 0 aliphatic heterocycles. The van der Waals surface area contributed by atoms with Crippen molar-refractivity contribution in [3.63, 3.8) is 0 Å². The first kappa shape index (κ1) is 37.0. The molecular weight excluding hydrogens is 629 g/mol. The van der Waals surface area contributed by atoms with Gasteiger partial charge in [0.05, 0.1) is 6.54 Å². The summed E-state index contributed by atoms with van der Waals surface area (Å²) in [4.78, 5) is 31.7. The molecule has 5 rings (SSSR count). The molecule has 1 aromatic heterocycles. The van der Waals surface area contributed by atoms with Crippen molar-refractivity contribution < 1.29 is 14.3 Å². The Hall–Kier alpha value is -4.79. The van der Waals surface area contributed by atoms with Gasteiger partial charge in [-0.25, -0.2) is 4.98 Å². The summed E-state index contributed by atoms with van der Waals surface area (Å²) in [5.74, 6) is 0.944. The summed E-state index contributed by atoms with van der Waals surface area (Å²) in [5, 5.41) is 9.30. The van der Waals surface area contributed by atoms with Crippen LogP contribution in [0.1, 0.15) is 79.9 Å². The Morgan fingerprint density at radius 2 is 1.55 bits per heavy atom. The molecular formula is C41H48N4O3S. The topological polar surface area (TPSA) is 83.6 Å². The van der Waals surface area contributed by atoms with Crippen molar-refractivity contribution in [2.45, 2.75) is 59.7 Å². The van der Waals surface area contributed by atoms with E-state index in [0.29, 0.717) is 43.3 Å². The van der Waals surface area contributed by atoms with Gasteiger partial charge in [0.2, 0.25) is 0 Å². The van der Waals surface area contributed by atoms with Crippen LogP contribution in [0.4, 0.5) is 0 Å². The summed E-state index contributed by atoms with van der Waals surface area (Å²) in [6, 6.07) is 33.7. The Morgan fingerprint density at radius 1 is 0.837 bits per heavy atom.